The molecule has 2 aliphatic rings. The normalized spacial score (nSPS) is 21.4. The SMILES string of the molecule is Cc1ccc(C2=C(N3CC(C)CC(C)C3)C(=O)N(c3ccccc3OC(C)C)C2=O)cc1C. The van der Waals surface area contributed by atoms with Crippen LogP contribution in [0.3, 0.4) is 0 Å². The van der Waals surface area contributed by atoms with Gasteiger partial charge >= 0.3 is 0 Å². The maximum absolute atomic E-state index is 14.0. The van der Waals surface area contributed by atoms with Crippen LogP contribution in [0, 0.1) is 25.7 Å². The molecule has 0 N–H and O–H groups in total. The van der Waals surface area contributed by atoms with Gasteiger partial charge in [-0.25, -0.2) is 4.90 Å². The minimum Gasteiger partial charge on any atom is -0.489 e. The monoisotopic (exact) mass is 446 g/mol. The Morgan fingerprint density at radius 3 is 2.21 bits per heavy atom. The Balaban J connectivity index is 1.86. The van der Waals surface area contributed by atoms with E-state index in [1.165, 1.54) is 4.90 Å². The standard InChI is InChI=1S/C28H34N2O3/c1-17(2)33-24-10-8-7-9-23(24)30-27(31)25(22-12-11-20(5)21(6)14-22)26(28(30)32)29-15-18(3)13-19(4)16-29/h7-12,14,17-19H,13,15-16H2,1-6H3. The van der Waals surface area contributed by atoms with Crippen LogP contribution in [0.4, 0.5) is 5.69 Å². The van der Waals surface area contributed by atoms with Crippen molar-refractivity contribution in [1.82, 2.24) is 4.90 Å². The zero-order valence-electron chi connectivity index (χ0n) is 20.5. The van der Waals surface area contributed by atoms with Crippen molar-refractivity contribution in [2.45, 2.75) is 54.1 Å². The molecule has 5 heteroatoms. The van der Waals surface area contributed by atoms with Crippen molar-refractivity contribution >= 4 is 23.1 Å². The highest BCUT2D eigenvalue weighted by atomic mass is 16.5. The van der Waals surface area contributed by atoms with Gasteiger partial charge in [-0.05, 0) is 74.8 Å². The minimum atomic E-state index is -0.288. The molecule has 2 aliphatic heterocycles. The van der Waals surface area contributed by atoms with Crippen molar-refractivity contribution in [3.05, 3.63) is 64.9 Å². The maximum atomic E-state index is 14.0. The Labute approximate surface area is 197 Å². The lowest BCUT2D eigenvalue weighted by molar-refractivity contribution is -0.121. The van der Waals surface area contributed by atoms with Crippen LogP contribution in [-0.2, 0) is 9.59 Å². The van der Waals surface area contributed by atoms with Gasteiger partial charge in [0.1, 0.15) is 11.4 Å². The molecule has 2 unspecified atom stereocenters. The minimum absolute atomic E-state index is 0.0746. The first-order chi connectivity index (χ1) is 15.7. The molecule has 0 aliphatic carbocycles. The highest BCUT2D eigenvalue weighted by molar-refractivity contribution is 6.45. The molecule has 1 fully saturated rings. The molecule has 1 saturated heterocycles. The first kappa shape index (κ1) is 23.1. The Hall–Kier alpha value is -3.08. The topological polar surface area (TPSA) is 49.9 Å². The van der Waals surface area contributed by atoms with Crippen LogP contribution in [0.5, 0.6) is 5.75 Å². The third-order valence-electron chi connectivity index (χ3n) is 6.51. The maximum Gasteiger partial charge on any atom is 0.282 e. The molecule has 2 aromatic carbocycles. The molecule has 0 spiro atoms. The Morgan fingerprint density at radius 2 is 1.58 bits per heavy atom. The van der Waals surface area contributed by atoms with Gasteiger partial charge in [-0.15, -0.1) is 0 Å². The van der Waals surface area contributed by atoms with Crippen molar-refractivity contribution in [2.24, 2.45) is 11.8 Å². The second-order valence-electron chi connectivity index (χ2n) is 9.95. The number of carbonyl (C=O) groups is 2. The number of rotatable bonds is 5. The number of ether oxygens (including phenoxy) is 1. The number of carbonyl (C=O) groups excluding carboxylic acids is 2. The fourth-order valence-electron chi connectivity index (χ4n) is 5.03. The molecule has 2 heterocycles. The fourth-order valence-corrected chi connectivity index (χ4v) is 5.03. The van der Waals surface area contributed by atoms with Crippen molar-refractivity contribution in [2.75, 3.05) is 18.0 Å². The molecule has 0 saturated carbocycles. The molecule has 2 atom stereocenters. The second kappa shape index (κ2) is 9.05. The summed E-state index contributed by atoms with van der Waals surface area (Å²) in [4.78, 5) is 31.3. The molecular formula is C28H34N2O3. The summed E-state index contributed by atoms with van der Waals surface area (Å²) in [5.74, 6) is 0.889. The van der Waals surface area contributed by atoms with Gasteiger partial charge in [-0.3, -0.25) is 9.59 Å². The zero-order valence-corrected chi connectivity index (χ0v) is 20.5. The summed E-state index contributed by atoms with van der Waals surface area (Å²) in [6.07, 6.45) is 1.05. The van der Waals surface area contributed by atoms with Gasteiger partial charge in [0.2, 0.25) is 0 Å². The highest BCUT2D eigenvalue weighted by Crippen LogP contribution is 2.40. The molecule has 0 aromatic heterocycles. The van der Waals surface area contributed by atoms with Gasteiger partial charge in [0.05, 0.1) is 17.4 Å². The molecular weight excluding hydrogens is 412 g/mol. The average molecular weight is 447 g/mol. The number of para-hydroxylation sites is 2. The van der Waals surface area contributed by atoms with E-state index in [-0.39, 0.29) is 17.9 Å². The van der Waals surface area contributed by atoms with Crippen molar-refractivity contribution in [3.63, 3.8) is 0 Å². The van der Waals surface area contributed by atoms with Crippen molar-refractivity contribution < 1.29 is 14.3 Å². The zero-order chi connectivity index (χ0) is 23.9. The Kier molecular flexibility index (Phi) is 6.33. The lowest BCUT2D eigenvalue weighted by Gasteiger charge is -2.37. The van der Waals surface area contributed by atoms with E-state index in [1.807, 2.05) is 57.2 Å². The third kappa shape index (κ3) is 4.41. The van der Waals surface area contributed by atoms with Crippen LogP contribution in [0.1, 0.15) is 50.8 Å². The fraction of sp³-hybridized carbons (Fsp3) is 0.429. The number of likely N-dealkylation sites (tertiary alicyclic amines) is 1. The predicted octanol–water partition coefficient (Wildman–Crippen LogP) is 5.35. The lowest BCUT2D eigenvalue weighted by atomic mass is 9.90. The molecule has 5 nitrogen and oxygen atoms in total. The first-order valence-corrected chi connectivity index (χ1v) is 11.9. The average Bonchev–Trinajstić information content (AvgIpc) is 2.99. The number of hydrogen-bond acceptors (Lipinski definition) is 4. The third-order valence-corrected chi connectivity index (χ3v) is 6.51. The molecule has 0 radical (unpaired) electrons. The number of benzene rings is 2. The van der Waals surface area contributed by atoms with Crippen LogP contribution < -0.4 is 9.64 Å². The van der Waals surface area contributed by atoms with Gasteiger partial charge in [0.25, 0.3) is 11.8 Å². The summed E-state index contributed by atoms with van der Waals surface area (Å²) in [5.41, 5.74) is 4.55. The van der Waals surface area contributed by atoms with Crippen molar-refractivity contribution in [1.29, 1.82) is 0 Å². The molecule has 2 amide bonds. The number of amides is 2. The van der Waals surface area contributed by atoms with E-state index in [4.69, 9.17) is 4.74 Å². The van der Waals surface area contributed by atoms with Gasteiger partial charge in [-0.1, -0.05) is 44.2 Å². The Morgan fingerprint density at radius 1 is 0.909 bits per heavy atom. The van der Waals surface area contributed by atoms with Crippen LogP contribution in [0.15, 0.2) is 48.2 Å². The van der Waals surface area contributed by atoms with Crippen LogP contribution in [0.2, 0.25) is 0 Å². The van der Waals surface area contributed by atoms with E-state index in [9.17, 15) is 9.59 Å². The van der Waals surface area contributed by atoms with Gasteiger partial charge < -0.3 is 9.64 Å². The molecule has 0 bridgehead atoms. The van der Waals surface area contributed by atoms with Crippen LogP contribution >= 0.6 is 0 Å². The lowest BCUT2D eigenvalue weighted by Crippen LogP contribution is -2.42. The molecule has 174 valence electrons. The number of aryl methyl sites for hydroxylation is 2. The summed E-state index contributed by atoms with van der Waals surface area (Å²) in [7, 11) is 0. The summed E-state index contributed by atoms with van der Waals surface area (Å²) in [5, 5.41) is 0. The largest absolute Gasteiger partial charge is 0.489 e. The molecule has 33 heavy (non-hydrogen) atoms. The highest BCUT2D eigenvalue weighted by Gasteiger charge is 2.44. The van der Waals surface area contributed by atoms with E-state index >= 15 is 0 Å². The van der Waals surface area contributed by atoms with Gasteiger partial charge in [-0.2, -0.15) is 0 Å². The first-order valence-electron chi connectivity index (χ1n) is 11.9. The molecule has 4 rings (SSSR count). The Bertz CT molecular complexity index is 1110. The van der Waals surface area contributed by atoms with E-state index < -0.39 is 0 Å². The van der Waals surface area contributed by atoms with E-state index in [1.54, 1.807) is 6.07 Å². The summed E-state index contributed by atoms with van der Waals surface area (Å²) in [6.45, 7) is 13.9. The van der Waals surface area contributed by atoms with E-state index in [0.29, 0.717) is 34.5 Å². The van der Waals surface area contributed by atoms with Crippen molar-refractivity contribution in [3.8, 4) is 5.75 Å². The van der Waals surface area contributed by atoms with E-state index in [2.05, 4.69) is 25.7 Å². The van der Waals surface area contributed by atoms with Gasteiger partial charge in [0.15, 0.2) is 0 Å². The predicted molar refractivity (Wildman–Crippen MR) is 132 cm³/mol. The number of imide groups is 1. The van der Waals surface area contributed by atoms with Gasteiger partial charge in [0, 0.05) is 13.1 Å². The summed E-state index contributed by atoms with van der Waals surface area (Å²) in [6, 6.07) is 13.3. The molecule has 2 aromatic rings. The number of hydrogen-bond donors (Lipinski definition) is 0. The number of anilines is 1. The van der Waals surface area contributed by atoms with Crippen LogP contribution in [-0.4, -0.2) is 35.9 Å². The van der Waals surface area contributed by atoms with E-state index in [0.717, 1.165) is 36.2 Å². The number of nitrogens with zero attached hydrogens (tertiary/aromatic N) is 2. The second-order valence-corrected chi connectivity index (χ2v) is 9.95. The summed E-state index contributed by atoms with van der Waals surface area (Å²) >= 11 is 0. The van der Waals surface area contributed by atoms with Crippen LogP contribution in [0.25, 0.3) is 5.57 Å². The number of piperidine rings is 1. The quantitative estimate of drug-likeness (QED) is 0.581. The summed E-state index contributed by atoms with van der Waals surface area (Å²) < 4.78 is 5.97. The smallest absolute Gasteiger partial charge is 0.282 e.